The smallest absolute Gasteiger partial charge is 0.411 e. The number of ether oxygens (including phenoxy) is 3. The Balaban J connectivity index is 1.55. The van der Waals surface area contributed by atoms with Crippen molar-refractivity contribution in [1.82, 2.24) is 0 Å². The number of hydrogen-bond acceptors (Lipinski definition) is 7. The third-order valence-electron chi connectivity index (χ3n) is 6.41. The molecule has 1 saturated heterocycles. The van der Waals surface area contributed by atoms with Gasteiger partial charge in [-0.3, -0.25) is 5.32 Å². The van der Waals surface area contributed by atoms with Crippen molar-refractivity contribution in [2.45, 2.75) is 36.9 Å². The van der Waals surface area contributed by atoms with Crippen molar-refractivity contribution in [3.05, 3.63) is 108 Å². The van der Waals surface area contributed by atoms with Gasteiger partial charge in [-0.25, -0.2) is 9.59 Å². The number of benzene rings is 3. The van der Waals surface area contributed by atoms with Gasteiger partial charge in [0.2, 0.25) is 0 Å². The number of carbonyl (C=O) groups is 2. The molecule has 1 amide bonds. The van der Waals surface area contributed by atoms with Crippen molar-refractivity contribution >= 4 is 29.5 Å². The van der Waals surface area contributed by atoms with Crippen molar-refractivity contribution < 1.29 is 34.0 Å². The summed E-state index contributed by atoms with van der Waals surface area (Å²) in [5.41, 5.74) is 3.35. The number of nitrogens with one attached hydrogen (secondary N) is 1. The number of rotatable bonds is 10. The van der Waals surface area contributed by atoms with Crippen LogP contribution in [0.4, 0.5) is 10.5 Å². The first-order valence-corrected chi connectivity index (χ1v) is 13.5. The van der Waals surface area contributed by atoms with Gasteiger partial charge in [-0.05, 0) is 35.4 Å². The minimum atomic E-state index is -0.971. The SMILES string of the molecule is C=CCOC(=O)Nc1ccc(C2OC(CSc3ccccc3C(=O)O)C(C)C(c3ccc(CO)cc3)O2)cc1. The first-order chi connectivity index (χ1) is 18.9. The summed E-state index contributed by atoms with van der Waals surface area (Å²) < 4.78 is 17.8. The van der Waals surface area contributed by atoms with Crippen LogP contribution in [0.5, 0.6) is 0 Å². The molecule has 4 rings (SSSR count). The molecule has 3 aromatic carbocycles. The maximum Gasteiger partial charge on any atom is 0.411 e. The average molecular weight is 550 g/mol. The fourth-order valence-electron chi connectivity index (χ4n) is 4.26. The standard InChI is InChI=1S/C30H31NO7S/c1-3-16-36-30(35)31-23-14-12-22(13-15-23)29-37-25(18-39-26-7-5-4-6-24(26)28(33)34)19(2)27(38-29)21-10-8-20(17-32)9-11-21/h3-15,19,25,27,29,32H,1,16-18H2,2H3,(H,31,35)(H,33,34). The minimum absolute atomic E-state index is 0.0448. The van der Waals surface area contributed by atoms with E-state index in [-0.39, 0.29) is 36.9 Å². The minimum Gasteiger partial charge on any atom is -0.478 e. The molecule has 8 nitrogen and oxygen atoms in total. The van der Waals surface area contributed by atoms with E-state index in [1.165, 1.54) is 17.8 Å². The first kappa shape index (κ1) is 28.4. The van der Waals surface area contributed by atoms with E-state index in [9.17, 15) is 19.8 Å². The maximum absolute atomic E-state index is 11.9. The summed E-state index contributed by atoms with van der Waals surface area (Å²) >= 11 is 1.44. The molecule has 3 aromatic rings. The molecule has 0 aliphatic carbocycles. The maximum atomic E-state index is 11.9. The van der Waals surface area contributed by atoms with Crippen molar-refractivity contribution in [2.24, 2.45) is 5.92 Å². The Morgan fingerprint density at radius 1 is 1.03 bits per heavy atom. The highest BCUT2D eigenvalue weighted by Gasteiger charge is 2.38. The number of amides is 1. The molecule has 0 radical (unpaired) electrons. The molecule has 1 heterocycles. The fraction of sp³-hybridized carbons (Fsp3) is 0.267. The van der Waals surface area contributed by atoms with Crippen LogP contribution in [-0.4, -0.2) is 40.7 Å². The summed E-state index contributed by atoms with van der Waals surface area (Å²) in [4.78, 5) is 24.2. The van der Waals surface area contributed by atoms with E-state index in [0.717, 1.165) is 16.7 Å². The molecule has 4 atom stereocenters. The molecule has 0 aromatic heterocycles. The van der Waals surface area contributed by atoms with Crippen LogP contribution >= 0.6 is 11.8 Å². The summed E-state index contributed by atoms with van der Waals surface area (Å²) in [6.45, 7) is 5.64. The second kappa shape index (κ2) is 13.4. The van der Waals surface area contributed by atoms with Crippen LogP contribution in [0.1, 0.15) is 46.4 Å². The van der Waals surface area contributed by atoms with Crippen molar-refractivity contribution in [2.75, 3.05) is 17.7 Å². The third-order valence-corrected chi connectivity index (χ3v) is 7.57. The first-order valence-electron chi connectivity index (χ1n) is 12.5. The summed E-state index contributed by atoms with van der Waals surface area (Å²) in [7, 11) is 0. The van der Waals surface area contributed by atoms with Crippen molar-refractivity contribution in [3.63, 3.8) is 0 Å². The van der Waals surface area contributed by atoms with Crippen LogP contribution in [0.15, 0.2) is 90.3 Å². The van der Waals surface area contributed by atoms with E-state index in [4.69, 9.17) is 14.2 Å². The molecule has 0 spiro atoms. The van der Waals surface area contributed by atoms with Gasteiger partial charge in [-0.15, -0.1) is 11.8 Å². The Hall–Kier alpha value is -3.63. The zero-order valence-electron chi connectivity index (χ0n) is 21.5. The van der Waals surface area contributed by atoms with E-state index in [1.54, 1.807) is 30.3 Å². The highest BCUT2D eigenvalue weighted by molar-refractivity contribution is 7.99. The number of carboxylic acids is 1. The van der Waals surface area contributed by atoms with E-state index in [1.807, 2.05) is 42.5 Å². The number of carbonyl (C=O) groups excluding carboxylic acids is 1. The van der Waals surface area contributed by atoms with E-state index in [2.05, 4.69) is 18.8 Å². The normalized spacial score (nSPS) is 20.7. The lowest BCUT2D eigenvalue weighted by Gasteiger charge is -2.41. The number of aliphatic hydroxyl groups is 1. The van der Waals surface area contributed by atoms with Crippen LogP contribution in [0.3, 0.4) is 0 Å². The highest BCUT2D eigenvalue weighted by atomic mass is 32.2. The van der Waals surface area contributed by atoms with Gasteiger partial charge < -0.3 is 24.4 Å². The zero-order valence-corrected chi connectivity index (χ0v) is 22.3. The Labute approximate surface area is 231 Å². The van der Waals surface area contributed by atoms with E-state index < -0.39 is 18.4 Å². The monoisotopic (exact) mass is 549 g/mol. The van der Waals surface area contributed by atoms with Crippen LogP contribution < -0.4 is 5.32 Å². The number of aromatic carboxylic acids is 1. The molecular weight excluding hydrogens is 518 g/mol. The van der Waals surface area contributed by atoms with Gasteiger partial charge in [0.25, 0.3) is 0 Å². The van der Waals surface area contributed by atoms with Crippen LogP contribution in [0, 0.1) is 5.92 Å². The van der Waals surface area contributed by atoms with Gasteiger partial charge in [0.1, 0.15) is 6.61 Å². The van der Waals surface area contributed by atoms with Gasteiger partial charge in [-0.1, -0.05) is 68.1 Å². The third kappa shape index (κ3) is 7.27. The van der Waals surface area contributed by atoms with E-state index in [0.29, 0.717) is 16.3 Å². The van der Waals surface area contributed by atoms with Crippen LogP contribution in [0.25, 0.3) is 0 Å². The van der Waals surface area contributed by atoms with Crippen molar-refractivity contribution in [1.29, 1.82) is 0 Å². The van der Waals surface area contributed by atoms with Gasteiger partial charge in [0.15, 0.2) is 6.29 Å². The molecule has 0 saturated carbocycles. The summed E-state index contributed by atoms with van der Waals surface area (Å²) in [5.74, 6) is -0.502. The molecular formula is C30H31NO7S. The second-order valence-electron chi connectivity index (χ2n) is 9.07. The summed E-state index contributed by atoms with van der Waals surface area (Å²) in [6, 6.07) is 21.7. The predicted molar refractivity (Wildman–Crippen MR) is 149 cm³/mol. The molecule has 39 heavy (non-hydrogen) atoms. The lowest BCUT2D eigenvalue weighted by Crippen LogP contribution is -2.38. The molecule has 1 fully saturated rings. The fourth-order valence-corrected chi connectivity index (χ4v) is 5.47. The Morgan fingerprint density at radius 2 is 1.72 bits per heavy atom. The van der Waals surface area contributed by atoms with Crippen LogP contribution in [-0.2, 0) is 20.8 Å². The molecule has 9 heteroatoms. The second-order valence-corrected chi connectivity index (χ2v) is 10.1. The van der Waals surface area contributed by atoms with Crippen LogP contribution in [0.2, 0.25) is 0 Å². The number of hydrogen-bond donors (Lipinski definition) is 3. The topological polar surface area (TPSA) is 114 Å². The van der Waals surface area contributed by atoms with Gasteiger partial charge in [0.05, 0.1) is 24.4 Å². The largest absolute Gasteiger partial charge is 0.478 e. The molecule has 1 aliphatic rings. The van der Waals surface area contributed by atoms with Gasteiger partial charge in [0, 0.05) is 27.8 Å². The van der Waals surface area contributed by atoms with E-state index >= 15 is 0 Å². The molecule has 204 valence electrons. The molecule has 4 unspecified atom stereocenters. The zero-order chi connectivity index (χ0) is 27.8. The quantitative estimate of drug-likeness (QED) is 0.202. The Kier molecular flexibility index (Phi) is 9.78. The number of anilines is 1. The number of thioether (sulfide) groups is 1. The highest BCUT2D eigenvalue weighted by Crippen LogP contribution is 2.43. The lowest BCUT2D eigenvalue weighted by molar-refractivity contribution is -0.268. The molecule has 3 N–H and O–H groups in total. The lowest BCUT2D eigenvalue weighted by atomic mass is 9.91. The average Bonchev–Trinajstić information content (AvgIpc) is 2.96. The van der Waals surface area contributed by atoms with Gasteiger partial charge >= 0.3 is 12.1 Å². The predicted octanol–water partition coefficient (Wildman–Crippen LogP) is 6.20. The van der Waals surface area contributed by atoms with Crippen molar-refractivity contribution in [3.8, 4) is 0 Å². The van der Waals surface area contributed by atoms with Gasteiger partial charge in [-0.2, -0.15) is 0 Å². The Bertz CT molecular complexity index is 1280. The molecule has 1 aliphatic heterocycles. The molecule has 0 bridgehead atoms. The number of aliphatic hydroxyl groups excluding tert-OH is 1. The Morgan fingerprint density at radius 3 is 2.38 bits per heavy atom. The summed E-state index contributed by atoms with van der Waals surface area (Å²) in [5, 5.41) is 21.7. The summed E-state index contributed by atoms with van der Waals surface area (Å²) in [6.07, 6.45) is -0.338. The number of carboxylic acid groups (broad SMARTS) is 1.